The summed E-state index contributed by atoms with van der Waals surface area (Å²) in [5.41, 5.74) is 8.49. The number of hydrogen-bond donors (Lipinski definition) is 0. The summed E-state index contributed by atoms with van der Waals surface area (Å²) in [5.74, 6) is 1.42. The number of thiazole rings is 1. The van der Waals surface area contributed by atoms with Crippen LogP contribution in [0.2, 0.25) is 0 Å². The molecule has 2 heterocycles. The van der Waals surface area contributed by atoms with E-state index in [9.17, 15) is 0 Å². The van der Waals surface area contributed by atoms with E-state index in [2.05, 4.69) is 48.2 Å². The lowest BCUT2D eigenvalue weighted by Crippen LogP contribution is -2.02. The van der Waals surface area contributed by atoms with E-state index in [1.807, 2.05) is 24.3 Å². The van der Waals surface area contributed by atoms with Crippen molar-refractivity contribution in [1.29, 1.82) is 0 Å². The molecule has 4 aromatic rings. The van der Waals surface area contributed by atoms with Crippen molar-refractivity contribution in [3.63, 3.8) is 0 Å². The highest BCUT2D eigenvalue weighted by Crippen LogP contribution is 2.41. The fraction of sp³-hybridized carbons (Fsp3) is 0.250. The van der Waals surface area contributed by atoms with Crippen molar-refractivity contribution < 1.29 is 4.74 Å². The molecule has 0 aliphatic heterocycles. The highest BCUT2D eigenvalue weighted by Gasteiger charge is 2.29. The van der Waals surface area contributed by atoms with E-state index >= 15 is 0 Å². The second-order valence-corrected chi connectivity index (χ2v) is 8.70. The largest absolute Gasteiger partial charge is 0.497 e. The van der Waals surface area contributed by atoms with E-state index in [0.29, 0.717) is 5.92 Å². The van der Waals surface area contributed by atoms with Gasteiger partial charge in [-0.1, -0.05) is 38.1 Å². The van der Waals surface area contributed by atoms with Crippen LogP contribution in [0, 0.1) is 5.92 Å². The van der Waals surface area contributed by atoms with Crippen molar-refractivity contribution in [2.24, 2.45) is 5.92 Å². The quantitative estimate of drug-likeness (QED) is 0.375. The molecule has 0 unspecified atom stereocenters. The Kier molecular flexibility index (Phi) is 4.47. The molecule has 1 aliphatic carbocycles. The summed E-state index contributed by atoms with van der Waals surface area (Å²) in [6.07, 6.45) is 1.95. The van der Waals surface area contributed by atoms with Gasteiger partial charge in [-0.3, -0.25) is 0 Å². The Hall–Kier alpha value is -2.92. The highest BCUT2D eigenvalue weighted by atomic mass is 32.1. The Bertz CT molecular complexity index is 1170. The molecule has 146 valence electrons. The zero-order chi connectivity index (χ0) is 20.0. The Morgan fingerprint density at radius 2 is 1.90 bits per heavy atom. The van der Waals surface area contributed by atoms with Gasteiger partial charge in [0.1, 0.15) is 5.75 Å². The molecule has 1 aliphatic rings. The zero-order valence-electron chi connectivity index (χ0n) is 16.8. The van der Waals surface area contributed by atoms with E-state index in [-0.39, 0.29) is 0 Å². The summed E-state index contributed by atoms with van der Waals surface area (Å²) in [6, 6.07) is 16.7. The second kappa shape index (κ2) is 7.16. The maximum absolute atomic E-state index is 5.27. The van der Waals surface area contributed by atoms with Crippen LogP contribution >= 0.6 is 11.3 Å². The number of nitrogens with zero attached hydrogens (tertiary/aromatic N) is 3. The standard InChI is InChI=1S/C24H23N3OS/c1-15(2)12-21-20-13-17-6-4-5-7-19(17)23(20)27(26-21)24-25-22(14-29-24)16-8-10-18(28-3)11-9-16/h4-11,14-15H,12-13H2,1-3H3. The molecule has 0 spiro atoms. The van der Waals surface area contributed by atoms with Crippen LogP contribution in [0.3, 0.4) is 0 Å². The number of aromatic nitrogens is 3. The third-order valence-electron chi connectivity index (χ3n) is 5.37. The minimum absolute atomic E-state index is 0.567. The van der Waals surface area contributed by atoms with E-state index < -0.39 is 0 Å². The minimum Gasteiger partial charge on any atom is -0.497 e. The van der Waals surface area contributed by atoms with Gasteiger partial charge >= 0.3 is 0 Å². The van der Waals surface area contributed by atoms with Crippen molar-refractivity contribution in [2.75, 3.05) is 7.11 Å². The molecule has 29 heavy (non-hydrogen) atoms. The monoisotopic (exact) mass is 401 g/mol. The molecular formula is C24H23N3OS. The third kappa shape index (κ3) is 3.15. The summed E-state index contributed by atoms with van der Waals surface area (Å²) < 4.78 is 7.33. The topological polar surface area (TPSA) is 39.9 Å². The first-order chi connectivity index (χ1) is 14.1. The number of ether oxygens (including phenoxy) is 1. The molecule has 2 aromatic heterocycles. The average molecular weight is 402 g/mol. The van der Waals surface area contributed by atoms with Crippen molar-refractivity contribution in [1.82, 2.24) is 14.8 Å². The van der Waals surface area contributed by atoms with Crippen LogP contribution in [0.5, 0.6) is 5.75 Å². The SMILES string of the molecule is COc1ccc(-c2csc(-n3nc(CC(C)C)c4c3-c3ccccc3C4)n2)cc1. The Labute approximate surface area is 174 Å². The molecule has 2 aromatic carbocycles. The van der Waals surface area contributed by atoms with Crippen molar-refractivity contribution in [3.8, 4) is 33.4 Å². The predicted octanol–water partition coefficient (Wildman–Crippen LogP) is 5.77. The van der Waals surface area contributed by atoms with Gasteiger partial charge < -0.3 is 4.74 Å². The highest BCUT2D eigenvalue weighted by molar-refractivity contribution is 7.12. The zero-order valence-corrected chi connectivity index (χ0v) is 17.7. The van der Waals surface area contributed by atoms with Crippen LogP contribution in [0.25, 0.3) is 27.6 Å². The summed E-state index contributed by atoms with van der Waals surface area (Å²) in [4.78, 5) is 4.93. The van der Waals surface area contributed by atoms with Crippen LogP contribution < -0.4 is 4.74 Å². The van der Waals surface area contributed by atoms with Gasteiger partial charge in [-0.2, -0.15) is 5.10 Å². The number of methoxy groups -OCH3 is 1. The van der Waals surface area contributed by atoms with Gasteiger partial charge in [-0.05, 0) is 42.2 Å². The molecule has 0 saturated heterocycles. The number of hydrogen-bond acceptors (Lipinski definition) is 4. The maximum atomic E-state index is 5.27. The van der Waals surface area contributed by atoms with E-state index in [1.165, 1.54) is 28.1 Å². The van der Waals surface area contributed by atoms with Crippen LogP contribution in [-0.4, -0.2) is 21.9 Å². The van der Waals surface area contributed by atoms with Gasteiger partial charge in [-0.25, -0.2) is 9.67 Å². The molecule has 0 bridgehead atoms. The van der Waals surface area contributed by atoms with Crippen molar-refractivity contribution >= 4 is 11.3 Å². The Balaban J connectivity index is 1.59. The van der Waals surface area contributed by atoms with Gasteiger partial charge in [0.2, 0.25) is 5.13 Å². The molecule has 0 atom stereocenters. The van der Waals surface area contributed by atoms with Gasteiger partial charge in [0.05, 0.1) is 24.2 Å². The summed E-state index contributed by atoms with van der Waals surface area (Å²) in [5, 5.41) is 8.04. The van der Waals surface area contributed by atoms with Crippen molar-refractivity contribution in [3.05, 3.63) is 70.7 Å². The van der Waals surface area contributed by atoms with E-state index in [4.69, 9.17) is 14.8 Å². The fourth-order valence-electron chi connectivity index (χ4n) is 4.00. The minimum atomic E-state index is 0.567. The average Bonchev–Trinajstić information content (AvgIpc) is 3.43. The molecule has 0 saturated carbocycles. The Morgan fingerprint density at radius 3 is 2.66 bits per heavy atom. The molecule has 5 heteroatoms. The molecular weight excluding hydrogens is 378 g/mol. The third-order valence-corrected chi connectivity index (χ3v) is 6.18. The molecule has 0 N–H and O–H groups in total. The van der Waals surface area contributed by atoms with Crippen LogP contribution in [0.4, 0.5) is 0 Å². The molecule has 4 nitrogen and oxygen atoms in total. The lowest BCUT2D eigenvalue weighted by atomic mass is 10.0. The lowest BCUT2D eigenvalue weighted by molar-refractivity contribution is 0.415. The maximum Gasteiger partial charge on any atom is 0.211 e. The van der Waals surface area contributed by atoms with Gasteiger partial charge in [0.15, 0.2) is 0 Å². The lowest BCUT2D eigenvalue weighted by Gasteiger charge is -2.05. The first-order valence-electron chi connectivity index (χ1n) is 9.93. The fourth-order valence-corrected chi connectivity index (χ4v) is 4.79. The van der Waals surface area contributed by atoms with Gasteiger partial charge in [-0.15, -0.1) is 11.3 Å². The summed E-state index contributed by atoms with van der Waals surface area (Å²) in [6.45, 7) is 4.50. The smallest absolute Gasteiger partial charge is 0.211 e. The number of fused-ring (bicyclic) bond motifs is 3. The summed E-state index contributed by atoms with van der Waals surface area (Å²) in [7, 11) is 1.68. The van der Waals surface area contributed by atoms with Gasteiger partial charge in [0.25, 0.3) is 0 Å². The number of benzene rings is 2. The first-order valence-corrected chi connectivity index (χ1v) is 10.8. The number of rotatable bonds is 5. The van der Waals surface area contributed by atoms with Crippen molar-refractivity contribution in [2.45, 2.75) is 26.7 Å². The Morgan fingerprint density at radius 1 is 1.10 bits per heavy atom. The normalized spacial score (nSPS) is 12.3. The van der Waals surface area contributed by atoms with E-state index in [0.717, 1.165) is 35.0 Å². The van der Waals surface area contributed by atoms with Crippen LogP contribution in [0.15, 0.2) is 53.9 Å². The molecule has 5 rings (SSSR count). The summed E-state index contributed by atoms with van der Waals surface area (Å²) >= 11 is 1.64. The van der Waals surface area contributed by atoms with Gasteiger partial charge in [0, 0.05) is 28.5 Å². The van der Waals surface area contributed by atoms with E-state index in [1.54, 1.807) is 18.4 Å². The molecule has 0 radical (unpaired) electrons. The first kappa shape index (κ1) is 18.1. The van der Waals surface area contributed by atoms with Crippen LogP contribution in [0.1, 0.15) is 30.7 Å². The predicted molar refractivity (Wildman–Crippen MR) is 118 cm³/mol. The molecule has 0 amide bonds. The van der Waals surface area contributed by atoms with Crippen LogP contribution in [-0.2, 0) is 12.8 Å². The molecule has 0 fully saturated rings. The second-order valence-electron chi connectivity index (χ2n) is 7.86.